The highest BCUT2D eigenvalue weighted by Crippen LogP contribution is 2.48. The third-order valence-electron chi connectivity index (χ3n) is 5.49. The van der Waals surface area contributed by atoms with Crippen molar-refractivity contribution in [3.8, 4) is 0 Å². The zero-order valence-corrected chi connectivity index (χ0v) is 16.7. The number of ether oxygens (including phenoxy) is 1. The summed E-state index contributed by atoms with van der Waals surface area (Å²) in [5.41, 5.74) is 1.60. The molecule has 1 aliphatic heterocycles. The average Bonchev–Trinajstić information content (AvgIpc) is 3.26. The maximum atomic E-state index is 6.12. The number of nitrogens with one attached hydrogen (secondary N) is 2. The highest BCUT2D eigenvalue weighted by Gasteiger charge is 2.42. The molecule has 6 heteroatoms. The van der Waals surface area contributed by atoms with E-state index in [4.69, 9.17) is 16.3 Å². The van der Waals surface area contributed by atoms with Gasteiger partial charge in [0.05, 0.1) is 0 Å². The Labute approximate surface area is 162 Å². The van der Waals surface area contributed by atoms with Crippen LogP contribution >= 0.6 is 11.6 Å². The molecule has 0 aromatic heterocycles. The molecule has 0 bridgehead atoms. The molecule has 5 nitrogen and oxygen atoms in total. The summed E-state index contributed by atoms with van der Waals surface area (Å²) in [5, 5.41) is 7.90. The lowest BCUT2D eigenvalue weighted by molar-refractivity contribution is 0.128. The van der Waals surface area contributed by atoms with E-state index >= 15 is 0 Å². The van der Waals surface area contributed by atoms with Gasteiger partial charge in [0, 0.05) is 56.6 Å². The van der Waals surface area contributed by atoms with Crippen molar-refractivity contribution in [3.63, 3.8) is 0 Å². The molecular weight excluding hydrogens is 348 g/mol. The van der Waals surface area contributed by atoms with Gasteiger partial charge < -0.3 is 20.3 Å². The zero-order chi connectivity index (χ0) is 18.4. The Kier molecular flexibility index (Phi) is 6.65. The Hall–Kier alpha value is -1.46. The summed E-state index contributed by atoms with van der Waals surface area (Å²) in [6.07, 6.45) is 4.81. The van der Waals surface area contributed by atoms with Crippen LogP contribution in [0.4, 0.5) is 5.69 Å². The van der Waals surface area contributed by atoms with E-state index in [1.165, 1.54) is 18.5 Å². The number of halogens is 1. The van der Waals surface area contributed by atoms with Crippen LogP contribution in [0, 0.1) is 5.41 Å². The van der Waals surface area contributed by atoms with Crippen LogP contribution in [-0.2, 0) is 4.74 Å². The maximum Gasteiger partial charge on any atom is 0.191 e. The van der Waals surface area contributed by atoms with Crippen molar-refractivity contribution in [2.45, 2.75) is 38.6 Å². The molecule has 1 saturated carbocycles. The Balaban J connectivity index is 1.44. The normalized spacial score (nSPS) is 21.7. The fourth-order valence-corrected chi connectivity index (χ4v) is 3.75. The third-order valence-corrected chi connectivity index (χ3v) is 5.73. The van der Waals surface area contributed by atoms with E-state index in [9.17, 15) is 0 Å². The van der Waals surface area contributed by atoms with Crippen molar-refractivity contribution in [2.75, 3.05) is 44.8 Å². The SMILES string of the molecule is CCOCCC1(CNC(=NC)NC2CCN(c3cccc(Cl)c3)C2)CC1. The topological polar surface area (TPSA) is 48.9 Å². The summed E-state index contributed by atoms with van der Waals surface area (Å²) < 4.78 is 5.52. The van der Waals surface area contributed by atoms with E-state index in [1.807, 2.05) is 25.2 Å². The molecule has 0 spiro atoms. The molecule has 2 aliphatic rings. The van der Waals surface area contributed by atoms with Crippen molar-refractivity contribution in [1.82, 2.24) is 10.6 Å². The molecule has 26 heavy (non-hydrogen) atoms. The summed E-state index contributed by atoms with van der Waals surface area (Å²) in [4.78, 5) is 6.79. The molecule has 1 saturated heterocycles. The predicted molar refractivity (Wildman–Crippen MR) is 109 cm³/mol. The number of aliphatic imine (C=N–C) groups is 1. The van der Waals surface area contributed by atoms with Crippen LogP contribution in [-0.4, -0.2) is 51.9 Å². The number of guanidine groups is 1. The van der Waals surface area contributed by atoms with E-state index in [-0.39, 0.29) is 0 Å². The predicted octanol–water partition coefficient (Wildman–Crippen LogP) is 3.29. The first-order chi connectivity index (χ1) is 12.6. The second kappa shape index (κ2) is 8.96. The summed E-state index contributed by atoms with van der Waals surface area (Å²) in [7, 11) is 1.85. The van der Waals surface area contributed by atoms with Gasteiger partial charge in [-0.25, -0.2) is 0 Å². The third kappa shape index (κ3) is 5.27. The molecule has 1 unspecified atom stereocenters. The van der Waals surface area contributed by atoms with Gasteiger partial charge in [0.2, 0.25) is 0 Å². The molecule has 0 radical (unpaired) electrons. The lowest BCUT2D eigenvalue weighted by atomic mass is 10.0. The lowest BCUT2D eigenvalue weighted by Gasteiger charge is -2.22. The molecular formula is C20H31ClN4O. The van der Waals surface area contributed by atoms with Crippen LogP contribution in [0.1, 0.15) is 32.6 Å². The van der Waals surface area contributed by atoms with Crippen LogP contribution in [0.5, 0.6) is 0 Å². The van der Waals surface area contributed by atoms with Gasteiger partial charge in [0.25, 0.3) is 0 Å². The smallest absolute Gasteiger partial charge is 0.191 e. The van der Waals surface area contributed by atoms with Crippen LogP contribution in [0.3, 0.4) is 0 Å². The molecule has 2 fully saturated rings. The van der Waals surface area contributed by atoms with E-state index in [1.54, 1.807) is 0 Å². The van der Waals surface area contributed by atoms with Gasteiger partial charge in [-0.1, -0.05) is 17.7 Å². The van der Waals surface area contributed by atoms with Crippen molar-refractivity contribution in [3.05, 3.63) is 29.3 Å². The number of hydrogen-bond donors (Lipinski definition) is 2. The maximum absolute atomic E-state index is 6.12. The van der Waals surface area contributed by atoms with Crippen LogP contribution in [0.2, 0.25) is 5.02 Å². The Morgan fingerprint density at radius 2 is 2.27 bits per heavy atom. The molecule has 144 valence electrons. The molecule has 3 rings (SSSR count). The Morgan fingerprint density at radius 3 is 2.96 bits per heavy atom. The van der Waals surface area contributed by atoms with Crippen LogP contribution in [0.15, 0.2) is 29.3 Å². The second-order valence-electron chi connectivity index (χ2n) is 7.43. The molecule has 1 aliphatic carbocycles. The van der Waals surface area contributed by atoms with E-state index < -0.39 is 0 Å². The van der Waals surface area contributed by atoms with E-state index in [0.29, 0.717) is 11.5 Å². The minimum atomic E-state index is 0.402. The fraction of sp³-hybridized carbons (Fsp3) is 0.650. The first kappa shape index (κ1) is 19.3. The minimum absolute atomic E-state index is 0.402. The number of benzene rings is 1. The molecule has 1 aromatic carbocycles. The number of rotatable bonds is 8. The number of anilines is 1. The first-order valence-electron chi connectivity index (χ1n) is 9.69. The summed E-state index contributed by atoms with van der Waals surface area (Å²) in [6.45, 7) is 6.70. The summed E-state index contributed by atoms with van der Waals surface area (Å²) >= 11 is 6.12. The highest BCUT2D eigenvalue weighted by molar-refractivity contribution is 6.30. The van der Waals surface area contributed by atoms with Gasteiger partial charge in [-0.2, -0.15) is 0 Å². The summed E-state index contributed by atoms with van der Waals surface area (Å²) in [6, 6.07) is 8.49. The van der Waals surface area contributed by atoms with E-state index in [0.717, 1.165) is 56.7 Å². The van der Waals surface area contributed by atoms with Gasteiger partial charge >= 0.3 is 0 Å². The zero-order valence-electron chi connectivity index (χ0n) is 15.9. The second-order valence-corrected chi connectivity index (χ2v) is 7.86. The number of nitrogens with zero attached hydrogens (tertiary/aromatic N) is 2. The van der Waals surface area contributed by atoms with Crippen molar-refractivity contribution < 1.29 is 4.74 Å². The van der Waals surface area contributed by atoms with Crippen LogP contribution < -0.4 is 15.5 Å². The highest BCUT2D eigenvalue weighted by atomic mass is 35.5. The molecule has 1 aromatic rings. The van der Waals surface area contributed by atoms with Gasteiger partial charge in [0.15, 0.2) is 5.96 Å². The molecule has 0 amide bonds. The Bertz CT molecular complexity index is 618. The lowest BCUT2D eigenvalue weighted by Crippen LogP contribution is -2.46. The fourth-order valence-electron chi connectivity index (χ4n) is 3.57. The minimum Gasteiger partial charge on any atom is -0.382 e. The average molecular weight is 379 g/mol. The quantitative estimate of drug-likeness (QED) is 0.414. The largest absolute Gasteiger partial charge is 0.382 e. The standard InChI is InChI=1S/C20H31ClN4O/c1-3-26-12-10-20(8-9-20)15-23-19(22-2)24-17-7-11-25(14-17)18-6-4-5-16(21)13-18/h4-6,13,17H,3,7-12,14-15H2,1-2H3,(H2,22,23,24). The van der Waals surface area contributed by atoms with Gasteiger partial charge in [-0.05, 0) is 56.2 Å². The van der Waals surface area contributed by atoms with E-state index in [2.05, 4.69) is 33.5 Å². The summed E-state index contributed by atoms with van der Waals surface area (Å²) in [5.74, 6) is 0.908. The van der Waals surface area contributed by atoms with Crippen molar-refractivity contribution in [1.29, 1.82) is 0 Å². The molecule has 2 N–H and O–H groups in total. The van der Waals surface area contributed by atoms with Gasteiger partial charge in [-0.15, -0.1) is 0 Å². The van der Waals surface area contributed by atoms with Gasteiger partial charge in [0.1, 0.15) is 0 Å². The van der Waals surface area contributed by atoms with Crippen LogP contribution in [0.25, 0.3) is 0 Å². The van der Waals surface area contributed by atoms with Crippen molar-refractivity contribution >= 4 is 23.2 Å². The van der Waals surface area contributed by atoms with Gasteiger partial charge in [-0.3, -0.25) is 4.99 Å². The molecule has 1 atom stereocenters. The van der Waals surface area contributed by atoms with Crippen molar-refractivity contribution in [2.24, 2.45) is 10.4 Å². The number of hydrogen-bond acceptors (Lipinski definition) is 3. The molecule has 1 heterocycles. The first-order valence-corrected chi connectivity index (χ1v) is 10.1. The monoisotopic (exact) mass is 378 g/mol. The Morgan fingerprint density at radius 1 is 1.42 bits per heavy atom.